The summed E-state index contributed by atoms with van der Waals surface area (Å²) in [6.45, 7) is 5.53. The van der Waals surface area contributed by atoms with Crippen LogP contribution >= 0.6 is 0 Å². The van der Waals surface area contributed by atoms with Crippen LogP contribution in [-0.2, 0) is 4.74 Å². The number of amides is 1. The van der Waals surface area contributed by atoms with E-state index in [-0.39, 0.29) is 5.91 Å². The molecule has 0 atom stereocenters. The average molecular weight is 264 g/mol. The van der Waals surface area contributed by atoms with Gasteiger partial charge in [0.2, 0.25) is 0 Å². The number of carbonyl (C=O) groups is 1. The lowest BCUT2D eigenvalue weighted by molar-refractivity contribution is 0.0821. The molecule has 0 aliphatic carbocycles. The summed E-state index contributed by atoms with van der Waals surface area (Å²) in [6, 6.07) is 3.38. The molecular weight excluding hydrogens is 244 g/mol. The molecule has 1 aromatic rings. The number of aromatic nitrogens is 2. The van der Waals surface area contributed by atoms with Gasteiger partial charge in [-0.3, -0.25) is 4.79 Å². The van der Waals surface area contributed by atoms with Gasteiger partial charge >= 0.3 is 0 Å². The summed E-state index contributed by atoms with van der Waals surface area (Å²) in [4.78, 5) is 13.1. The van der Waals surface area contributed by atoms with Gasteiger partial charge < -0.3 is 15.0 Å². The van der Waals surface area contributed by atoms with Crippen molar-refractivity contribution in [2.24, 2.45) is 0 Å². The Balaban J connectivity index is 2.32. The van der Waals surface area contributed by atoms with Gasteiger partial charge in [-0.25, -0.2) is 0 Å². The van der Waals surface area contributed by atoms with Crippen LogP contribution in [0.4, 0.5) is 5.82 Å². The molecular formula is C13H20N4O2. The van der Waals surface area contributed by atoms with Crippen LogP contribution in [0.3, 0.4) is 0 Å². The SMILES string of the molecule is C=CCCOCCNc1ccc(C(=O)N(C)C)nn1. The molecule has 0 fully saturated rings. The molecule has 1 N–H and O–H groups in total. The number of anilines is 1. The summed E-state index contributed by atoms with van der Waals surface area (Å²) < 4.78 is 5.35. The Kier molecular flexibility index (Phi) is 6.52. The maximum atomic E-state index is 11.6. The van der Waals surface area contributed by atoms with Crippen LogP contribution in [0.2, 0.25) is 0 Å². The number of carbonyl (C=O) groups excluding carboxylic acids is 1. The summed E-state index contributed by atoms with van der Waals surface area (Å²) in [7, 11) is 3.35. The van der Waals surface area contributed by atoms with E-state index in [9.17, 15) is 4.79 Å². The van der Waals surface area contributed by atoms with E-state index in [2.05, 4.69) is 22.1 Å². The fraction of sp³-hybridized carbons (Fsp3) is 0.462. The molecule has 1 heterocycles. The number of nitrogens with one attached hydrogen (secondary N) is 1. The maximum Gasteiger partial charge on any atom is 0.273 e. The van der Waals surface area contributed by atoms with Crippen molar-refractivity contribution >= 4 is 11.7 Å². The topological polar surface area (TPSA) is 67.3 Å². The Hall–Kier alpha value is -1.95. The third-order valence-corrected chi connectivity index (χ3v) is 2.31. The lowest BCUT2D eigenvalue weighted by Gasteiger charge is -2.09. The zero-order valence-electron chi connectivity index (χ0n) is 11.4. The van der Waals surface area contributed by atoms with E-state index >= 15 is 0 Å². The maximum absolute atomic E-state index is 11.6. The smallest absolute Gasteiger partial charge is 0.273 e. The largest absolute Gasteiger partial charge is 0.379 e. The fourth-order valence-corrected chi connectivity index (χ4v) is 1.29. The van der Waals surface area contributed by atoms with Gasteiger partial charge in [-0.05, 0) is 18.6 Å². The summed E-state index contributed by atoms with van der Waals surface area (Å²) in [6.07, 6.45) is 2.67. The van der Waals surface area contributed by atoms with E-state index in [4.69, 9.17) is 4.74 Å². The Bertz CT molecular complexity index is 404. The van der Waals surface area contributed by atoms with E-state index in [1.165, 1.54) is 4.90 Å². The first kappa shape index (κ1) is 15.1. The predicted molar refractivity (Wildman–Crippen MR) is 74.2 cm³/mol. The second-order valence-corrected chi connectivity index (χ2v) is 4.12. The van der Waals surface area contributed by atoms with Gasteiger partial charge in [0.1, 0.15) is 5.82 Å². The average Bonchev–Trinajstić information content (AvgIpc) is 2.42. The molecule has 6 nitrogen and oxygen atoms in total. The van der Waals surface area contributed by atoms with Crippen molar-refractivity contribution in [1.82, 2.24) is 15.1 Å². The van der Waals surface area contributed by atoms with Crippen LogP contribution in [0.15, 0.2) is 24.8 Å². The minimum atomic E-state index is -0.160. The molecule has 6 heteroatoms. The van der Waals surface area contributed by atoms with Gasteiger partial charge in [0.25, 0.3) is 5.91 Å². The zero-order chi connectivity index (χ0) is 14.1. The van der Waals surface area contributed by atoms with Gasteiger partial charge in [0.15, 0.2) is 5.69 Å². The standard InChI is InChI=1S/C13H20N4O2/c1-4-5-9-19-10-8-14-12-7-6-11(15-16-12)13(18)17(2)3/h4,6-7H,1,5,8-10H2,2-3H3,(H,14,16). The Morgan fingerprint density at radius 2 is 2.21 bits per heavy atom. The van der Waals surface area contributed by atoms with Crippen molar-refractivity contribution < 1.29 is 9.53 Å². The Morgan fingerprint density at radius 1 is 1.42 bits per heavy atom. The highest BCUT2D eigenvalue weighted by Crippen LogP contribution is 2.03. The molecule has 0 saturated carbocycles. The molecule has 0 aliphatic rings. The molecule has 0 bridgehead atoms. The molecule has 1 rings (SSSR count). The lowest BCUT2D eigenvalue weighted by atomic mass is 10.3. The van der Waals surface area contributed by atoms with E-state index in [0.29, 0.717) is 31.3 Å². The molecule has 19 heavy (non-hydrogen) atoms. The highest BCUT2D eigenvalue weighted by molar-refractivity contribution is 5.91. The first-order valence-electron chi connectivity index (χ1n) is 6.13. The number of rotatable bonds is 8. The third-order valence-electron chi connectivity index (χ3n) is 2.31. The lowest BCUT2D eigenvalue weighted by Crippen LogP contribution is -2.23. The van der Waals surface area contributed by atoms with Crippen LogP contribution in [-0.4, -0.2) is 54.9 Å². The second-order valence-electron chi connectivity index (χ2n) is 4.12. The second kappa shape index (κ2) is 8.20. The van der Waals surface area contributed by atoms with E-state index in [1.807, 2.05) is 6.08 Å². The summed E-state index contributed by atoms with van der Waals surface area (Å²) in [5.41, 5.74) is 0.331. The zero-order valence-corrected chi connectivity index (χ0v) is 11.4. The van der Waals surface area contributed by atoms with Gasteiger partial charge in [0, 0.05) is 20.6 Å². The highest BCUT2D eigenvalue weighted by Gasteiger charge is 2.09. The van der Waals surface area contributed by atoms with Crippen molar-refractivity contribution in [2.45, 2.75) is 6.42 Å². The predicted octanol–water partition coefficient (Wildman–Crippen LogP) is 1.18. The molecule has 0 aliphatic heterocycles. The molecule has 0 radical (unpaired) electrons. The van der Waals surface area contributed by atoms with Crippen molar-refractivity contribution in [2.75, 3.05) is 39.2 Å². The summed E-state index contributed by atoms with van der Waals surface area (Å²) in [5, 5.41) is 10.9. The summed E-state index contributed by atoms with van der Waals surface area (Å²) in [5.74, 6) is 0.467. The van der Waals surface area contributed by atoms with E-state index in [0.717, 1.165) is 6.42 Å². The van der Waals surface area contributed by atoms with Gasteiger partial charge in [0.05, 0.1) is 13.2 Å². The normalized spacial score (nSPS) is 10.0. The van der Waals surface area contributed by atoms with Crippen LogP contribution in [0.25, 0.3) is 0 Å². The Labute approximate surface area is 113 Å². The first-order valence-corrected chi connectivity index (χ1v) is 6.13. The molecule has 0 unspecified atom stereocenters. The molecule has 0 aromatic carbocycles. The minimum absolute atomic E-state index is 0.160. The van der Waals surface area contributed by atoms with Crippen LogP contribution in [0, 0.1) is 0 Å². The van der Waals surface area contributed by atoms with E-state index < -0.39 is 0 Å². The third kappa shape index (κ3) is 5.48. The fourth-order valence-electron chi connectivity index (χ4n) is 1.29. The van der Waals surface area contributed by atoms with Crippen molar-refractivity contribution in [3.05, 3.63) is 30.5 Å². The molecule has 1 aromatic heterocycles. The number of nitrogens with zero attached hydrogens (tertiary/aromatic N) is 3. The minimum Gasteiger partial charge on any atom is -0.379 e. The van der Waals surface area contributed by atoms with Crippen LogP contribution in [0.5, 0.6) is 0 Å². The monoisotopic (exact) mass is 264 g/mol. The molecule has 1 amide bonds. The van der Waals surface area contributed by atoms with Crippen molar-refractivity contribution in [3.63, 3.8) is 0 Å². The van der Waals surface area contributed by atoms with Crippen LogP contribution in [0.1, 0.15) is 16.9 Å². The van der Waals surface area contributed by atoms with Crippen LogP contribution < -0.4 is 5.32 Å². The number of ether oxygens (including phenoxy) is 1. The quantitative estimate of drug-likeness (QED) is 0.564. The molecule has 104 valence electrons. The Morgan fingerprint density at radius 3 is 2.79 bits per heavy atom. The molecule has 0 saturated heterocycles. The summed E-state index contributed by atoms with van der Waals surface area (Å²) >= 11 is 0. The highest BCUT2D eigenvalue weighted by atomic mass is 16.5. The van der Waals surface area contributed by atoms with Gasteiger partial charge in [-0.1, -0.05) is 6.08 Å². The van der Waals surface area contributed by atoms with Gasteiger partial charge in [-0.15, -0.1) is 16.8 Å². The van der Waals surface area contributed by atoms with Crippen molar-refractivity contribution in [1.29, 1.82) is 0 Å². The molecule has 0 spiro atoms. The number of hydrogen-bond donors (Lipinski definition) is 1. The van der Waals surface area contributed by atoms with Crippen molar-refractivity contribution in [3.8, 4) is 0 Å². The van der Waals surface area contributed by atoms with E-state index in [1.54, 1.807) is 26.2 Å². The first-order chi connectivity index (χ1) is 9.15. The number of hydrogen-bond acceptors (Lipinski definition) is 5. The van der Waals surface area contributed by atoms with Gasteiger partial charge in [-0.2, -0.15) is 0 Å².